The van der Waals surface area contributed by atoms with Crippen molar-refractivity contribution >= 4 is 6.21 Å². The number of hydrogen-bond acceptors (Lipinski definition) is 5. The van der Waals surface area contributed by atoms with Gasteiger partial charge in [0, 0.05) is 6.20 Å². The van der Waals surface area contributed by atoms with Gasteiger partial charge in [-0.2, -0.15) is 0 Å². The van der Waals surface area contributed by atoms with Crippen LogP contribution in [0.25, 0.3) is 0 Å². The van der Waals surface area contributed by atoms with Gasteiger partial charge in [0.25, 0.3) is 0 Å². The van der Waals surface area contributed by atoms with Crippen molar-refractivity contribution in [3.8, 4) is 0 Å². The third-order valence-corrected chi connectivity index (χ3v) is 0.936. The molecule has 0 atom stereocenters. The number of allylic oxidation sites excluding steroid dienone is 1. The van der Waals surface area contributed by atoms with Gasteiger partial charge in [-0.1, -0.05) is 5.59 Å². The van der Waals surface area contributed by atoms with Crippen LogP contribution in [0, 0.1) is 0 Å². The first-order chi connectivity index (χ1) is 5.29. The van der Waals surface area contributed by atoms with Crippen molar-refractivity contribution in [1.82, 2.24) is 16.2 Å². The maximum absolute atomic E-state index is 5.05. The van der Waals surface area contributed by atoms with Gasteiger partial charge in [-0.25, -0.2) is 0 Å². The molecule has 5 heteroatoms. The Bertz CT molecular complexity index is 166. The zero-order chi connectivity index (χ0) is 8.10. The Balaban J connectivity index is 2.17. The molecule has 1 rings (SSSR count). The normalized spacial score (nSPS) is 15.7. The molecule has 0 spiro atoms. The fourth-order valence-corrected chi connectivity index (χ4v) is 0.500. The highest BCUT2D eigenvalue weighted by Crippen LogP contribution is 1.87. The lowest BCUT2D eigenvalue weighted by molar-refractivity contribution is -0.127. The Morgan fingerprint density at radius 2 is 2.45 bits per heavy atom. The van der Waals surface area contributed by atoms with Gasteiger partial charge >= 0.3 is 0 Å². The lowest BCUT2D eigenvalue weighted by atomic mass is 10.5. The van der Waals surface area contributed by atoms with Crippen LogP contribution in [0.4, 0.5) is 0 Å². The Labute approximate surface area is 65.6 Å². The monoisotopic (exact) mass is 156 g/mol. The van der Waals surface area contributed by atoms with Crippen molar-refractivity contribution in [2.24, 2.45) is 5.10 Å². The van der Waals surface area contributed by atoms with E-state index in [0.717, 1.165) is 0 Å². The van der Waals surface area contributed by atoms with Crippen LogP contribution in [0.5, 0.6) is 0 Å². The molecule has 5 nitrogen and oxygen atoms in total. The molecule has 62 valence electrons. The van der Waals surface area contributed by atoms with E-state index < -0.39 is 0 Å². The molecular weight excluding hydrogens is 144 g/mol. The molecule has 0 saturated carbocycles. The summed E-state index contributed by atoms with van der Waals surface area (Å²) in [4.78, 5) is 5.05. The third kappa shape index (κ3) is 3.01. The third-order valence-electron chi connectivity index (χ3n) is 0.936. The molecule has 0 aromatic carbocycles. The summed E-state index contributed by atoms with van der Waals surface area (Å²) in [5.74, 6) is 0. The number of hydrazine groups is 2. The van der Waals surface area contributed by atoms with Crippen molar-refractivity contribution in [1.29, 1.82) is 0 Å². The average Bonchev–Trinajstić information content (AvgIpc) is 2.03. The topological polar surface area (TPSA) is 48.9 Å². The number of hydrazone groups is 1. The van der Waals surface area contributed by atoms with Crippen LogP contribution in [-0.4, -0.2) is 17.5 Å². The summed E-state index contributed by atoms with van der Waals surface area (Å²) in [5, 5.41) is 5.25. The predicted molar refractivity (Wildman–Crippen MR) is 42.0 cm³/mol. The molecule has 1 heterocycles. The molecule has 0 unspecified atom stereocenters. The summed E-state index contributed by atoms with van der Waals surface area (Å²) in [6.45, 7) is 3.85. The number of rotatable bonds is 3. The van der Waals surface area contributed by atoms with Crippen LogP contribution in [0.1, 0.15) is 13.8 Å². The summed E-state index contributed by atoms with van der Waals surface area (Å²) in [5.41, 5.74) is 5.39. The zero-order valence-corrected chi connectivity index (χ0v) is 6.61. The first-order valence-corrected chi connectivity index (χ1v) is 3.46. The Kier molecular flexibility index (Phi) is 2.88. The van der Waals surface area contributed by atoms with Crippen LogP contribution in [-0.2, 0) is 4.84 Å². The first-order valence-electron chi connectivity index (χ1n) is 3.46. The van der Waals surface area contributed by atoms with E-state index in [0.29, 0.717) is 0 Å². The maximum atomic E-state index is 5.05. The predicted octanol–water partition coefficient (Wildman–Crippen LogP) is 0.151. The summed E-state index contributed by atoms with van der Waals surface area (Å²) in [7, 11) is 0. The molecule has 1 aliphatic rings. The number of hydrogen-bond donors (Lipinski definition) is 2. The van der Waals surface area contributed by atoms with Gasteiger partial charge in [-0.15, -0.1) is 10.3 Å². The van der Waals surface area contributed by atoms with Crippen LogP contribution in [0.2, 0.25) is 0 Å². The molecule has 0 saturated heterocycles. The lowest BCUT2D eigenvalue weighted by Crippen LogP contribution is -2.43. The van der Waals surface area contributed by atoms with E-state index in [-0.39, 0.29) is 6.10 Å². The van der Waals surface area contributed by atoms with E-state index in [4.69, 9.17) is 4.84 Å². The molecule has 0 fully saturated rings. The second-order valence-corrected chi connectivity index (χ2v) is 2.32. The zero-order valence-electron chi connectivity index (χ0n) is 6.61. The quantitative estimate of drug-likeness (QED) is 0.571. The second-order valence-electron chi connectivity index (χ2n) is 2.32. The molecule has 0 aromatic rings. The Morgan fingerprint density at radius 3 is 3.00 bits per heavy atom. The molecule has 0 aliphatic carbocycles. The number of nitrogens with zero attached hydrogens (tertiary/aromatic N) is 2. The second kappa shape index (κ2) is 3.95. The Hall–Kier alpha value is -1.07. The molecule has 0 bridgehead atoms. The van der Waals surface area contributed by atoms with E-state index in [2.05, 4.69) is 16.1 Å². The van der Waals surface area contributed by atoms with Gasteiger partial charge < -0.3 is 0 Å². The molecule has 11 heavy (non-hydrogen) atoms. The standard InChI is InChI=1S/C6H12N4O/c1-6(2)11-9-10-7-4-3-5-8-10/h3-7,9H,1-2H3. The van der Waals surface area contributed by atoms with Crippen LogP contribution in [0.15, 0.2) is 17.4 Å². The highest BCUT2D eigenvalue weighted by atomic mass is 16.7. The van der Waals surface area contributed by atoms with Gasteiger partial charge in [-0.3, -0.25) is 10.3 Å². The van der Waals surface area contributed by atoms with Crippen molar-refractivity contribution in [3.63, 3.8) is 0 Å². The summed E-state index contributed by atoms with van der Waals surface area (Å²) < 4.78 is 0. The van der Waals surface area contributed by atoms with Crippen molar-refractivity contribution in [3.05, 3.63) is 12.3 Å². The van der Waals surface area contributed by atoms with E-state index in [1.54, 1.807) is 18.5 Å². The van der Waals surface area contributed by atoms with Gasteiger partial charge in [0.15, 0.2) is 0 Å². The maximum Gasteiger partial charge on any atom is 0.0757 e. The largest absolute Gasteiger partial charge is 0.276 e. The first kappa shape index (κ1) is 8.03. The van der Waals surface area contributed by atoms with Crippen molar-refractivity contribution in [2.45, 2.75) is 20.0 Å². The highest BCUT2D eigenvalue weighted by molar-refractivity contribution is 5.70. The van der Waals surface area contributed by atoms with Crippen LogP contribution < -0.4 is 11.0 Å². The van der Waals surface area contributed by atoms with Crippen molar-refractivity contribution < 1.29 is 4.84 Å². The van der Waals surface area contributed by atoms with Crippen LogP contribution in [0.3, 0.4) is 0 Å². The average molecular weight is 156 g/mol. The minimum Gasteiger partial charge on any atom is -0.276 e. The van der Waals surface area contributed by atoms with E-state index in [1.807, 2.05) is 13.8 Å². The van der Waals surface area contributed by atoms with Gasteiger partial charge in [0.05, 0.1) is 12.3 Å². The summed E-state index contributed by atoms with van der Waals surface area (Å²) in [6, 6.07) is 0. The summed E-state index contributed by atoms with van der Waals surface area (Å²) in [6.07, 6.45) is 5.29. The van der Waals surface area contributed by atoms with E-state index >= 15 is 0 Å². The molecule has 0 aromatic heterocycles. The van der Waals surface area contributed by atoms with Gasteiger partial charge in [0.1, 0.15) is 0 Å². The molecule has 0 amide bonds. The minimum atomic E-state index is 0.123. The van der Waals surface area contributed by atoms with E-state index in [1.165, 1.54) is 5.23 Å². The van der Waals surface area contributed by atoms with E-state index in [9.17, 15) is 0 Å². The highest BCUT2D eigenvalue weighted by Gasteiger charge is 1.99. The molecule has 0 radical (unpaired) electrons. The smallest absolute Gasteiger partial charge is 0.0757 e. The fraction of sp³-hybridized carbons (Fsp3) is 0.500. The molecular formula is C6H12N4O. The minimum absolute atomic E-state index is 0.123. The van der Waals surface area contributed by atoms with Crippen LogP contribution >= 0.6 is 0 Å². The summed E-state index contributed by atoms with van der Waals surface area (Å²) >= 11 is 0. The molecule has 1 aliphatic heterocycles. The lowest BCUT2D eigenvalue weighted by Gasteiger charge is -2.20. The Morgan fingerprint density at radius 1 is 1.64 bits per heavy atom. The number of nitrogens with one attached hydrogen (secondary N) is 2. The van der Waals surface area contributed by atoms with Gasteiger partial charge in [-0.05, 0) is 19.9 Å². The van der Waals surface area contributed by atoms with Gasteiger partial charge in [0.2, 0.25) is 0 Å². The van der Waals surface area contributed by atoms with Crippen molar-refractivity contribution in [2.75, 3.05) is 0 Å². The molecule has 2 N–H and O–H groups in total. The SMILES string of the molecule is CC(C)ONN1N=CC=CN1. The fourth-order valence-electron chi connectivity index (χ4n) is 0.500.